The van der Waals surface area contributed by atoms with Gasteiger partial charge in [0.2, 0.25) is 0 Å². The number of nitrogens with zero attached hydrogens (tertiary/aromatic N) is 1. The van der Waals surface area contributed by atoms with E-state index < -0.39 is 30.4 Å². The van der Waals surface area contributed by atoms with Crippen LogP contribution in [-0.4, -0.2) is 82.0 Å². The van der Waals surface area contributed by atoms with Crippen LogP contribution in [0.1, 0.15) is 31.2 Å². The highest BCUT2D eigenvalue weighted by Gasteiger charge is 2.40. The molecule has 0 aliphatic carbocycles. The summed E-state index contributed by atoms with van der Waals surface area (Å²) >= 11 is 0. The topological polar surface area (TPSA) is 122 Å². The fourth-order valence-electron chi connectivity index (χ4n) is 3.39. The third kappa shape index (κ3) is 7.03. The molecule has 8 nitrogen and oxygen atoms in total. The SMILES string of the molecule is O=C(NCCCCCCN1C[C@H](O)[C@@H](O)[C@@H](O)[C@H]1CO)OCc1ccccc1. The molecule has 1 aromatic carbocycles. The smallest absolute Gasteiger partial charge is 0.407 e. The molecule has 2 rings (SSSR count). The molecule has 1 heterocycles. The quantitative estimate of drug-likeness (QED) is 0.359. The summed E-state index contributed by atoms with van der Waals surface area (Å²) < 4.78 is 5.14. The van der Waals surface area contributed by atoms with Crippen molar-refractivity contribution < 1.29 is 30.0 Å². The molecule has 28 heavy (non-hydrogen) atoms. The summed E-state index contributed by atoms with van der Waals surface area (Å²) in [5, 5.41) is 41.6. The molecule has 1 aliphatic heterocycles. The van der Waals surface area contributed by atoms with E-state index >= 15 is 0 Å². The number of hydrogen-bond acceptors (Lipinski definition) is 7. The highest BCUT2D eigenvalue weighted by Crippen LogP contribution is 2.19. The van der Waals surface area contributed by atoms with Crippen LogP contribution in [0.5, 0.6) is 0 Å². The predicted molar refractivity (Wildman–Crippen MR) is 104 cm³/mol. The molecule has 1 amide bonds. The lowest BCUT2D eigenvalue weighted by atomic mass is 9.94. The maximum absolute atomic E-state index is 11.6. The summed E-state index contributed by atoms with van der Waals surface area (Å²) in [7, 11) is 0. The number of amides is 1. The Morgan fingerprint density at radius 1 is 1.07 bits per heavy atom. The minimum absolute atomic E-state index is 0.234. The van der Waals surface area contributed by atoms with Gasteiger partial charge in [-0.3, -0.25) is 4.90 Å². The van der Waals surface area contributed by atoms with Crippen LogP contribution in [0.2, 0.25) is 0 Å². The summed E-state index contributed by atoms with van der Waals surface area (Å²) in [4.78, 5) is 13.5. The third-order valence-corrected chi connectivity index (χ3v) is 5.07. The molecule has 0 unspecified atom stereocenters. The molecule has 4 atom stereocenters. The Balaban J connectivity index is 1.52. The van der Waals surface area contributed by atoms with Gasteiger partial charge in [0.25, 0.3) is 0 Å². The number of unbranched alkanes of at least 4 members (excludes halogenated alkanes) is 3. The van der Waals surface area contributed by atoms with Crippen molar-refractivity contribution in [2.24, 2.45) is 0 Å². The van der Waals surface area contributed by atoms with E-state index in [-0.39, 0.29) is 19.8 Å². The Hall–Kier alpha value is -1.71. The van der Waals surface area contributed by atoms with Gasteiger partial charge in [-0.2, -0.15) is 0 Å². The minimum atomic E-state index is -1.22. The van der Waals surface area contributed by atoms with Crippen molar-refractivity contribution in [1.29, 1.82) is 0 Å². The first kappa shape index (κ1) is 22.6. The van der Waals surface area contributed by atoms with Gasteiger partial charge in [-0.1, -0.05) is 43.2 Å². The van der Waals surface area contributed by atoms with Crippen LogP contribution >= 0.6 is 0 Å². The number of piperidine rings is 1. The molecule has 0 bridgehead atoms. The minimum Gasteiger partial charge on any atom is -0.445 e. The lowest BCUT2D eigenvalue weighted by Gasteiger charge is -2.43. The normalized spacial score (nSPS) is 25.4. The Morgan fingerprint density at radius 3 is 2.50 bits per heavy atom. The van der Waals surface area contributed by atoms with E-state index in [0.717, 1.165) is 31.2 Å². The van der Waals surface area contributed by atoms with Crippen LogP contribution in [0.25, 0.3) is 0 Å². The number of likely N-dealkylation sites (tertiary alicyclic amines) is 1. The van der Waals surface area contributed by atoms with Gasteiger partial charge in [0.15, 0.2) is 0 Å². The Kier molecular flexibility index (Phi) is 9.66. The van der Waals surface area contributed by atoms with Crippen molar-refractivity contribution in [2.45, 2.75) is 56.6 Å². The Labute approximate surface area is 165 Å². The molecule has 1 saturated heterocycles. The van der Waals surface area contributed by atoms with Crippen LogP contribution in [0.3, 0.4) is 0 Å². The monoisotopic (exact) mass is 396 g/mol. The number of aliphatic hydroxyl groups is 4. The van der Waals surface area contributed by atoms with Crippen molar-refractivity contribution in [1.82, 2.24) is 10.2 Å². The van der Waals surface area contributed by atoms with Crippen molar-refractivity contribution in [3.8, 4) is 0 Å². The fraction of sp³-hybridized carbons (Fsp3) is 0.650. The second-order valence-corrected chi connectivity index (χ2v) is 7.20. The van der Waals surface area contributed by atoms with Gasteiger partial charge in [0.05, 0.1) is 18.8 Å². The first-order chi connectivity index (χ1) is 13.5. The molecule has 0 spiro atoms. The number of aliphatic hydroxyl groups excluding tert-OH is 4. The van der Waals surface area contributed by atoms with E-state index in [1.165, 1.54) is 0 Å². The largest absolute Gasteiger partial charge is 0.445 e. The average molecular weight is 396 g/mol. The molecular formula is C20H32N2O6. The average Bonchev–Trinajstić information content (AvgIpc) is 2.70. The molecular weight excluding hydrogens is 364 g/mol. The van der Waals surface area contributed by atoms with E-state index in [4.69, 9.17) is 4.74 Å². The summed E-state index contributed by atoms with van der Waals surface area (Å²) in [6.45, 7) is 1.39. The number of hydrogen-bond donors (Lipinski definition) is 5. The van der Waals surface area contributed by atoms with Gasteiger partial charge in [-0.25, -0.2) is 4.79 Å². The maximum Gasteiger partial charge on any atom is 0.407 e. The lowest BCUT2D eigenvalue weighted by molar-refractivity contribution is -0.145. The van der Waals surface area contributed by atoms with Crippen molar-refractivity contribution in [3.63, 3.8) is 0 Å². The second kappa shape index (κ2) is 12.0. The zero-order valence-corrected chi connectivity index (χ0v) is 16.1. The first-order valence-corrected chi connectivity index (χ1v) is 9.86. The van der Waals surface area contributed by atoms with Crippen LogP contribution in [0, 0.1) is 0 Å². The van der Waals surface area contributed by atoms with Crippen molar-refractivity contribution in [2.75, 3.05) is 26.2 Å². The fourth-order valence-corrected chi connectivity index (χ4v) is 3.39. The van der Waals surface area contributed by atoms with Gasteiger partial charge in [-0.05, 0) is 24.9 Å². The van der Waals surface area contributed by atoms with Crippen molar-refractivity contribution >= 4 is 6.09 Å². The molecule has 1 aromatic rings. The van der Waals surface area contributed by atoms with Gasteiger partial charge in [0, 0.05) is 13.1 Å². The van der Waals surface area contributed by atoms with Crippen LogP contribution < -0.4 is 5.32 Å². The summed E-state index contributed by atoms with van der Waals surface area (Å²) in [6.07, 6.45) is -0.304. The number of ether oxygens (including phenoxy) is 1. The van der Waals surface area contributed by atoms with Gasteiger partial charge < -0.3 is 30.5 Å². The number of nitrogens with one attached hydrogen (secondary N) is 1. The van der Waals surface area contributed by atoms with Gasteiger partial charge in [-0.15, -0.1) is 0 Å². The molecule has 1 fully saturated rings. The first-order valence-electron chi connectivity index (χ1n) is 9.86. The lowest BCUT2D eigenvalue weighted by Crippen LogP contribution is -2.62. The zero-order chi connectivity index (χ0) is 20.4. The van der Waals surface area contributed by atoms with E-state index in [9.17, 15) is 25.2 Å². The third-order valence-electron chi connectivity index (χ3n) is 5.07. The molecule has 8 heteroatoms. The predicted octanol–water partition coefficient (Wildman–Crippen LogP) is 0.232. The standard InChI is InChI=1S/C20H32N2O6/c23-13-16-18(25)19(26)17(24)12-22(16)11-7-2-1-6-10-21-20(27)28-14-15-8-4-3-5-9-15/h3-5,8-9,16-19,23-26H,1-2,6-7,10-14H2,(H,21,27)/t16-,17+,18+,19-/m1/s1. The number of carbonyl (C=O) groups excluding carboxylic acids is 1. The summed E-state index contributed by atoms with van der Waals surface area (Å²) in [5.41, 5.74) is 0.944. The van der Waals surface area contributed by atoms with E-state index in [2.05, 4.69) is 5.32 Å². The van der Waals surface area contributed by atoms with Crippen LogP contribution in [-0.2, 0) is 11.3 Å². The van der Waals surface area contributed by atoms with Gasteiger partial charge >= 0.3 is 6.09 Å². The highest BCUT2D eigenvalue weighted by atomic mass is 16.5. The van der Waals surface area contributed by atoms with Crippen LogP contribution in [0.15, 0.2) is 30.3 Å². The molecule has 0 saturated carbocycles. The maximum atomic E-state index is 11.6. The highest BCUT2D eigenvalue weighted by molar-refractivity contribution is 5.67. The molecule has 1 aliphatic rings. The molecule has 5 N–H and O–H groups in total. The Bertz CT molecular complexity index is 573. The number of β-amino-alcohol motifs (C(OH)–C–C–N with tert-alkyl or cyclic N) is 1. The van der Waals surface area contributed by atoms with Crippen molar-refractivity contribution in [3.05, 3.63) is 35.9 Å². The zero-order valence-electron chi connectivity index (χ0n) is 16.1. The van der Waals surface area contributed by atoms with E-state index in [1.54, 1.807) is 0 Å². The summed E-state index contributed by atoms with van der Waals surface area (Å²) in [5.74, 6) is 0. The number of rotatable bonds is 10. The number of carbonyl (C=O) groups is 1. The number of alkyl carbamates (subject to hydrolysis) is 1. The molecule has 158 valence electrons. The second-order valence-electron chi connectivity index (χ2n) is 7.20. The van der Waals surface area contributed by atoms with Gasteiger partial charge in [0.1, 0.15) is 18.8 Å². The number of benzene rings is 1. The molecule has 0 radical (unpaired) electrons. The van der Waals surface area contributed by atoms with Crippen LogP contribution in [0.4, 0.5) is 4.79 Å². The Morgan fingerprint density at radius 2 is 1.79 bits per heavy atom. The molecule has 0 aromatic heterocycles. The van der Waals surface area contributed by atoms with E-state index in [1.807, 2.05) is 35.2 Å². The van der Waals surface area contributed by atoms with E-state index in [0.29, 0.717) is 13.1 Å². The summed E-state index contributed by atoms with van der Waals surface area (Å²) in [6, 6.07) is 8.94.